The Kier molecular flexibility index (Phi) is 6.35. The molecular formula is C31H34ClN5O. The Hall–Kier alpha value is -2.93. The number of hydrogen-bond donors (Lipinski definition) is 1. The Morgan fingerprint density at radius 2 is 1.66 bits per heavy atom. The van der Waals surface area contributed by atoms with Crippen molar-refractivity contribution in [3.05, 3.63) is 72.1 Å². The largest absolute Gasteiger partial charge is 0.378 e. The van der Waals surface area contributed by atoms with E-state index in [0.29, 0.717) is 5.92 Å². The number of anilines is 1. The summed E-state index contributed by atoms with van der Waals surface area (Å²) in [5, 5.41) is 0. The number of fused-ring (bicyclic) bond motifs is 1. The van der Waals surface area contributed by atoms with E-state index >= 15 is 0 Å². The van der Waals surface area contributed by atoms with Crippen LogP contribution < -0.4 is 9.74 Å². The van der Waals surface area contributed by atoms with Crippen LogP contribution in [0.5, 0.6) is 0 Å². The number of pyridine rings is 1. The minimum absolute atomic E-state index is 0.0949. The molecule has 196 valence electrons. The van der Waals surface area contributed by atoms with E-state index in [-0.39, 0.29) is 5.54 Å². The lowest BCUT2D eigenvalue weighted by Crippen LogP contribution is -2.43. The molecule has 7 rings (SSSR count). The number of aromatic nitrogens is 3. The monoisotopic (exact) mass is 527 g/mol. The normalized spacial score (nSPS) is 19.7. The van der Waals surface area contributed by atoms with Crippen LogP contribution in [0.3, 0.4) is 0 Å². The van der Waals surface area contributed by atoms with E-state index in [1.807, 2.05) is 0 Å². The molecule has 1 N–H and O–H groups in total. The quantitative estimate of drug-likeness (QED) is 0.283. The fraction of sp³-hybridized carbons (Fsp3) is 0.419. The molecule has 3 aliphatic rings. The maximum atomic E-state index is 6.18. The van der Waals surface area contributed by atoms with Gasteiger partial charge in [0.2, 0.25) is 0 Å². The van der Waals surface area contributed by atoms with Crippen LogP contribution in [-0.4, -0.2) is 40.8 Å². The Balaban J connectivity index is 1.31. The highest BCUT2D eigenvalue weighted by atomic mass is 35.5. The number of imidazole rings is 1. The topological polar surface area (TPSA) is 55.2 Å². The van der Waals surface area contributed by atoms with Crippen molar-refractivity contribution >= 4 is 28.6 Å². The SMILES string of the molecule is ClNC1(c2ccc(-n3c(C4CCCC4)nc4ccc(-c5cccc(N6CCOCC6)c5)nc43)cc2)CCC1. The Bertz CT molecular complexity index is 1430. The van der Waals surface area contributed by atoms with Gasteiger partial charge in [0.1, 0.15) is 11.3 Å². The van der Waals surface area contributed by atoms with Crippen molar-refractivity contribution in [3.8, 4) is 16.9 Å². The Morgan fingerprint density at radius 1 is 0.868 bits per heavy atom. The van der Waals surface area contributed by atoms with Crippen molar-refractivity contribution in [2.45, 2.75) is 56.4 Å². The van der Waals surface area contributed by atoms with Gasteiger partial charge in [-0.2, -0.15) is 0 Å². The summed E-state index contributed by atoms with van der Waals surface area (Å²) >= 11 is 6.18. The van der Waals surface area contributed by atoms with Gasteiger partial charge >= 0.3 is 0 Å². The number of morpholine rings is 1. The average molecular weight is 528 g/mol. The molecule has 0 spiro atoms. The second-order valence-corrected chi connectivity index (χ2v) is 11.2. The van der Waals surface area contributed by atoms with E-state index in [4.69, 9.17) is 26.5 Å². The van der Waals surface area contributed by atoms with E-state index < -0.39 is 0 Å². The molecule has 7 heteroatoms. The van der Waals surface area contributed by atoms with E-state index in [1.165, 1.54) is 43.4 Å². The van der Waals surface area contributed by atoms with Gasteiger partial charge in [-0.3, -0.25) is 4.57 Å². The smallest absolute Gasteiger partial charge is 0.165 e. The van der Waals surface area contributed by atoms with Crippen LogP contribution in [-0.2, 0) is 10.3 Å². The van der Waals surface area contributed by atoms with Gasteiger partial charge in [0.15, 0.2) is 5.65 Å². The van der Waals surface area contributed by atoms with Crippen molar-refractivity contribution in [3.63, 3.8) is 0 Å². The summed E-state index contributed by atoms with van der Waals surface area (Å²) in [6.45, 7) is 3.39. The molecule has 1 saturated heterocycles. The van der Waals surface area contributed by atoms with E-state index in [1.54, 1.807) is 0 Å². The van der Waals surface area contributed by atoms with Crippen LogP contribution in [0.2, 0.25) is 0 Å². The van der Waals surface area contributed by atoms with Gasteiger partial charge < -0.3 is 9.64 Å². The second kappa shape index (κ2) is 9.99. The zero-order valence-electron chi connectivity index (χ0n) is 21.7. The first-order valence-corrected chi connectivity index (χ1v) is 14.4. The zero-order valence-corrected chi connectivity index (χ0v) is 22.5. The van der Waals surface area contributed by atoms with Crippen molar-refractivity contribution in [1.82, 2.24) is 19.4 Å². The molecule has 2 aliphatic carbocycles. The minimum Gasteiger partial charge on any atom is -0.378 e. The predicted octanol–water partition coefficient (Wildman–Crippen LogP) is 6.70. The third-order valence-electron chi connectivity index (χ3n) is 8.83. The molecule has 2 saturated carbocycles. The van der Waals surface area contributed by atoms with E-state index in [9.17, 15) is 0 Å². The summed E-state index contributed by atoms with van der Waals surface area (Å²) < 4.78 is 7.86. The first-order chi connectivity index (χ1) is 18.7. The lowest BCUT2D eigenvalue weighted by molar-refractivity contribution is 0.122. The van der Waals surface area contributed by atoms with E-state index in [0.717, 1.165) is 73.1 Å². The number of hydrogen-bond acceptors (Lipinski definition) is 5. The maximum absolute atomic E-state index is 6.18. The summed E-state index contributed by atoms with van der Waals surface area (Å²) in [5.74, 6) is 1.62. The first-order valence-electron chi connectivity index (χ1n) is 14.1. The van der Waals surface area contributed by atoms with Crippen LogP contribution >= 0.6 is 11.8 Å². The highest BCUT2D eigenvalue weighted by Gasteiger charge is 2.38. The molecule has 0 atom stereocenters. The molecule has 0 radical (unpaired) electrons. The fourth-order valence-corrected chi connectivity index (χ4v) is 6.73. The first kappa shape index (κ1) is 24.1. The van der Waals surface area contributed by atoms with Gasteiger partial charge in [-0.1, -0.05) is 37.1 Å². The molecule has 4 aromatic rings. The molecule has 6 nitrogen and oxygen atoms in total. The lowest BCUT2D eigenvalue weighted by atomic mass is 9.73. The number of nitrogens with one attached hydrogen (secondary N) is 1. The Morgan fingerprint density at radius 3 is 2.37 bits per heavy atom. The molecule has 2 aromatic carbocycles. The summed E-state index contributed by atoms with van der Waals surface area (Å²) in [4.78, 5) is 15.8. The summed E-state index contributed by atoms with van der Waals surface area (Å²) in [5.41, 5.74) is 7.50. The third kappa shape index (κ3) is 4.19. The van der Waals surface area contributed by atoms with Gasteiger partial charge in [0, 0.05) is 35.9 Å². The number of nitrogens with zero attached hydrogens (tertiary/aromatic N) is 4. The van der Waals surface area contributed by atoms with Crippen LogP contribution in [0.4, 0.5) is 5.69 Å². The van der Waals surface area contributed by atoms with Crippen LogP contribution in [0.25, 0.3) is 28.1 Å². The molecule has 0 amide bonds. The molecule has 1 aliphatic heterocycles. The molecular weight excluding hydrogens is 494 g/mol. The molecule has 0 unspecified atom stereocenters. The van der Waals surface area contributed by atoms with Crippen LogP contribution in [0, 0.1) is 0 Å². The van der Waals surface area contributed by atoms with Crippen molar-refractivity contribution in [1.29, 1.82) is 0 Å². The third-order valence-corrected chi connectivity index (χ3v) is 9.20. The minimum atomic E-state index is -0.0949. The molecule has 0 bridgehead atoms. The van der Waals surface area contributed by atoms with Crippen LogP contribution in [0.1, 0.15) is 62.3 Å². The number of rotatable bonds is 6. The highest BCUT2D eigenvalue weighted by molar-refractivity contribution is 6.14. The summed E-state index contributed by atoms with van der Waals surface area (Å²) in [6.07, 6.45) is 8.27. The van der Waals surface area contributed by atoms with Gasteiger partial charge in [0.05, 0.1) is 24.4 Å². The van der Waals surface area contributed by atoms with Gasteiger partial charge in [0.25, 0.3) is 0 Å². The lowest BCUT2D eigenvalue weighted by Gasteiger charge is -2.41. The predicted molar refractivity (Wildman–Crippen MR) is 153 cm³/mol. The number of benzene rings is 2. The number of halogens is 1. The maximum Gasteiger partial charge on any atom is 0.165 e. The molecule has 3 fully saturated rings. The number of ether oxygens (including phenoxy) is 1. The summed E-state index contributed by atoms with van der Waals surface area (Å²) in [6, 6.07) is 21.9. The van der Waals surface area contributed by atoms with Gasteiger partial charge in [-0.25, -0.2) is 14.8 Å². The van der Waals surface area contributed by atoms with Gasteiger partial charge in [-0.15, -0.1) is 0 Å². The molecule has 3 heterocycles. The van der Waals surface area contributed by atoms with Crippen molar-refractivity contribution in [2.24, 2.45) is 0 Å². The molecule has 38 heavy (non-hydrogen) atoms. The van der Waals surface area contributed by atoms with Gasteiger partial charge in [-0.05, 0) is 85.8 Å². The highest BCUT2D eigenvalue weighted by Crippen LogP contribution is 2.42. The van der Waals surface area contributed by atoms with Crippen molar-refractivity contribution in [2.75, 3.05) is 31.2 Å². The van der Waals surface area contributed by atoms with Crippen molar-refractivity contribution < 1.29 is 4.74 Å². The zero-order chi connectivity index (χ0) is 25.5. The standard InChI is InChI=1S/C31H34ClN5O/c32-35-31(15-4-16-31)24-9-11-25(12-10-24)37-29(22-5-1-2-6-22)34-28-14-13-27(33-30(28)37)23-7-3-8-26(21-23)36-17-19-38-20-18-36/h3,7-14,21-22,35H,1-2,4-6,15-20H2. The van der Waals surface area contributed by atoms with E-state index in [2.05, 4.69) is 75.0 Å². The Labute approximate surface area is 229 Å². The average Bonchev–Trinajstić information content (AvgIpc) is 3.62. The molecule has 2 aromatic heterocycles. The van der Waals surface area contributed by atoms with Crippen LogP contribution in [0.15, 0.2) is 60.7 Å². The second-order valence-electron chi connectivity index (χ2n) is 11.1. The summed E-state index contributed by atoms with van der Waals surface area (Å²) in [7, 11) is 0. The fourth-order valence-electron chi connectivity index (χ4n) is 6.43.